The van der Waals surface area contributed by atoms with Gasteiger partial charge in [-0.3, -0.25) is 9.48 Å². The van der Waals surface area contributed by atoms with E-state index < -0.39 is 17.6 Å². The summed E-state index contributed by atoms with van der Waals surface area (Å²) in [4.78, 5) is 21.0. The maximum absolute atomic E-state index is 13.5. The van der Waals surface area contributed by atoms with Crippen molar-refractivity contribution in [3.8, 4) is 0 Å². The lowest BCUT2D eigenvalue weighted by molar-refractivity contribution is -0.136. The number of carboxylic acids is 1. The van der Waals surface area contributed by atoms with Gasteiger partial charge in [-0.25, -0.2) is 18.7 Å². The highest BCUT2D eigenvalue weighted by Gasteiger charge is 2.17. The van der Waals surface area contributed by atoms with Gasteiger partial charge in [0.05, 0.1) is 18.0 Å². The van der Waals surface area contributed by atoms with Crippen molar-refractivity contribution in [2.75, 3.05) is 11.4 Å². The van der Waals surface area contributed by atoms with E-state index >= 15 is 0 Å². The highest BCUT2D eigenvalue weighted by atomic mass is 19.2. The maximum Gasteiger partial charge on any atom is 0.305 e. The standard InChI is InChI=1S/C16H15F2N5O2/c1-22-15-11(7-21-22)16(20-9-19-15)23(5-4-14(24)25)8-10-2-3-12(17)13(18)6-10/h2-3,6-7,9H,4-5,8H2,1H3,(H,24,25). The molecule has 1 aromatic carbocycles. The molecular weight excluding hydrogens is 332 g/mol. The van der Waals surface area contributed by atoms with Crippen molar-refractivity contribution < 1.29 is 18.7 Å². The number of aromatic nitrogens is 4. The first-order valence-electron chi connectivity index (χ1n) is 7.49. The fourth-order valence-electron chi connectivity index (χ4n) is 2.55. The predicted molar refractivity (Wildman–Crippen MR) is 86.0 cm³/mol. The van der Waals surface area contributed by atoms with Crippen LogP contribution in [0, 0.1) is 11.6 Å². The molecular formula is C16H15F2N5O2. The van der Waals surface area contributed by atoms with Gasteiger partial charge in [-0.05, 0) is 17.7 Å². The van der Waals surface area contributed by atoms with E-state index in [4.69, 9.17) is 5.11 Å². The molecule has 2 aromatic heterocycles. The van der Waals surface area contributed by atoms with E-state index in [9.17, 15) is 13.6 Å². The van der Waals surface area contributed by atoms with Crippen molar-refractivity contribution in [1.29, 1.82) is 0 Å². The molecule has 0 aliphatic rings. The molecule has 1 N–H and O–H groups in total. The quantitative estimate of drug-likeness (QED) is 0.735. The molecule has 0 aliphatic carbocycles. The molecule has 0 unspecified atom stereocenters. The van der Waals surface area contributed by atoms with Gasteiger partial charge in [-0.2, -0.15) is 5.10 Å². The van der Waals surface area contributed by atoms with Gasteiger partial charge in [-0.15, -0.1) is 0 Å². The first-order valence-corrected chi connectivity index (χ1v) is 7.49. The molecule has 0 aliphatic heterocycles. The fraction of sp³-hybridized carbons (Fsp3) is 0.250. The fourth-order valence-corrected chi connectivity index (χ4v) is 2.55. The summed E-state index contributed by atoms with van der Waals surface area (Å²) in [6.45, 7) is 0.320. The predicted octanol–water partition coefficient (Wildman–Crippen LogP) is 2.12. The molecule has 25 heavy (non-hydrogen) atoms. The van der Waals surface area contributed by atoms with Crippen LogP contribution in [0.1, 0.15) is 12.0 Å². The van der Waals surface area contributed by atoms with Crippen molar-refractivity contribution >= 4 is 22.8 Å². The van der Waals surface area contributed by atoms with Gasteiger partial charge in [0.25, 0.3) is 0 Å². The number of rotatable bonds is 6. The van der Waals surface area contributed by atoms with Gasteiger partial charge < -0.3 is 10.0 Å². The van der Waals surface area contributed by atoms with Crippen LogP contribution in [-0.2, 0) is 18.4 Å². The Bertz CT molecular complexity index is 928. The van der Waals surface area contributed by atoms with Crippen molar-refractivity contribution in [3.63, 3.8) is 0 Å². The number of benzene rings is 1. The Balaban J connectivity index is 1.98. The summed E-state index contributed by atoms with van der Waals surface area (Å²) in [5.74, 6) is -2.36. The van der Waals surface area contributed by atoms with Gasteiger partial charge in [-0.1, -0.05) is 6.07 Å². The first kappa shape index (κ1) is 16.7. The molecule has 9 heteroatoms. The SMILES string of the molecule is Cn1ncc2c(N(CCC(=O)O)Cc3ccc(F)c(F)c3)ncnc21. The van der Waals surface area contributed by atoms with Crippen LogP contribution in [0.25, 0.3) is 11.0 Å². The third kappa shape index (κ3) is 3.54. The summed E-state index contributed by atoms with van der Waals surface area (Å²) in [7, 11) is 1.73. The highest BCUT2D eigenvalue weighted by Crippen LogP contribution is 2.24. The second-order valence-electron chi connectivity index (χ2n) is 5.52. The molecule has 0 saturated carbocycles. The number of carboxylic acid groups (broad SMARTS) is 1. The second-order valence-corrected chi connectivity index (χ2v) is 5.52. The van der Waals surface area contributed by atoms with E-state index in [0.29, 0.717) is 22.4 Å². The largest absolute Gasteiger partial charge is 0.481 e. The Morgan fingerprint density at radius 1 is 1.28 bits per heavy atom. The molecule has 130 valence electrons. The molecule has 0 fully saturated rings. The summed E-state index contributed by atoms with van der Waals surface area (Å²) in [6.07, 6.45) is 2.82. The molecule has 0 saturated heterocycles. The molecule has 0 amide bonds. The molecule has 3 rings (SSSR count). The number of aliphatic carboxylic acids is 1. The van der Waals surface area contributed by atoms with Crippen LogP contribution >= 0.6 is 0 Å². The van der Waals surface area contributed by atoms with Crippen LogP contribution in [0.2, 0.25) is 0 Å². The van der Waals surface area contributed by atoms with Crippen LogP contribution in [-0.4, -0.2) is 37.4 Å². The highest BCUT2D eigenvalue weighted by molar-refractivity contribution is 5.86. The third-order valence-corrected chi connectivity index (χ3v) is 3.76. The van der Waals surface area contributed by atoms with E-state index in [1.807, 2.05) is 0 Å². The number of hydrogen-bond donors (Lipinski definition) is 1. The van der Waals surface area contributed by atoms with Gasteiger partial charge in [0.2, 0.25) is 0 Å². The van der Waals surface area contributed by atoms with Gasteiger partial charge >= 0.3 is 5.97 Å². The number of anilines is 1. The second kappa shape index (κ2) is 6.80. The van der Waals surface area contributed by atoms with Gasteiger partial charge in [0.15, 0.2) is 17.3 Å². The summed E-state index contributed by atoms with van der Waals surface area (Å²) in [6, 6.07) is 3.58. The Morgan fingerprint density at radius 2 is 2.08 bits per heavy atom. The average Bonchev–Trinajstić information content (AvgIpc) is 2.96. The minimum absolute atomic E-state index is 0.130. The molecule has 0 bridgehead atoms. The number of hydrogen-bond acceptors (Lipinski definition) is 5. The van der Waals surface area contributed by atoms with Crippen molar-refractivity contribution in [2.24, 2.45) is 7.05 Å². The lowest BCUT2D eigenvalue weighted by Gasteiger charge is -2.23. The van der Waals surface area contributed by atoms with E-state index in [1.54, 1.807) is 22.8 Å². The monoisotopic (exact) mass is 347 g/mol. The normalized spacial score (nSPS) is 11.0. The Labute approximate surface area is 141 Å². The zero-order valence-electron chi connectivity index (χ0n) is 13.4. The van der Waals surface area contributed by atoms with Crippen molar-refractivity contribution in [3.05, 3.63) is 47.9 Å². The first-order chi connectivity index (χ1) is 12.0. The summed E-state index contributed by atoms with van der Waals surface area (Å²) in [5, 5.41) is 13.8. The van der Waals surface area contributed by atoms with Crippen molar-refractivity contribution in [1.82, 2.24) is 19.7 Å². The van der Waals surface area contributed by atoms with E-state index in [1.165, 1.54) is 12.4 Å². The maximum atomic E-state index is 13.5. The van der Waals surface area contributed by atoms with Crippen LogP contribution in [0.5, 0.6) is 0 Å². The van der Waals surface area contributed by atoms with E-state index in [-0.39, 0.29) is 19.5 Å². The number of nitrogens with zero attached hydrogens (tertiary/aromatic N) is 5. The Kier molecular flexibility index (Phi) is 4.55. The zero-order chi connectivity index (χ0) is 18.0. The number of halogens is 2. The van der Waals surface area contributed by atoms with Crippen LogP contribution in [0.15, 0.2) is 30.7 Å². The third-order valence-electron chi connectivity index (χ3n) is 3.76. The molecule has 3 aromatic rings. The minimum Gasteiger partial charge on any atom is -0.481 e. The number of carbonyl (C=O) groups is 1. The van der Waals surface area contributed by atoms with Crippen molar-refractivity contribution in [2.45, 2.75) is 13.0 Å². The summed E-state index contributed by atoms with van der Waals surface area (Å²) >= 11 is 0. The molecule has 2 heterocycles. The van der Waals surface area contributed by atoms with Crippen LogP contribution < -0.4 is 4.90 Å². The van der Waals surface area contributed by atoms with Crippen LogP contribution in [0.3, 0.4) is 0 Å². The average molecular weight is 347 g/mol. The minimum atomic E-state index is -0.966. The Hall–Kier alpha value is -3.10. The lowest BCUT2D eigenvalue weighted by atomic mass is 10.2. The van der Waals surface area contributed by atoms with E-state index in [0.717, 1.165) is 12.1 Å². The zero-order valence-corrected chi connectivity index (χ0v) is 13.4. The molecule has 0 spiro atoms. The van der Waals surface area contributed by atoms with Gasteiger partial charge in [0.1, 0.15) is 12.1 Å². The summed E-state index contributed by atoms with van der Waals surface area (Å²) < 4.78 is 28.2. The molecule has 0 atom stereocenters. The number of fused-ring (bicyclic) bond motifs is 1. The lowest BCUT2D eigenvalue weighted by Crippen LogP contribution is -2.27. The van der Waals surface area contributed by atoms with E-state index in [2.05, 4.69) is 15.1 Å². The van der Waals surface area contributed by atoms with Crippen LogP contribution in [0.4, 0.5) is 14.6 Å². The molecule has 7 nitrogen and oxygen atoms in total. The molecule has 0 radical (unpaired) electrons. The number of aryl methyl sites for hydroxylation is 1. The topological polar surface area (TPSA) is 84.1 Å². The smallest absolute Gasteiger partial charge is 0.305 e. The van der Waals surface area contributed by atoms with Gasteiger partial charge in [0, 0.05) is 20.1 Å². The Morgan fingerprint density at radius 3 is 2.80 bits per heavy atom. The summed E-state index contributed by atoms with van der Waals surface area (Å²) in [5.41, 5.74) is 1.09.